The van der Waals surface area contributed by atoms with Gasteiger partial charge >= 0.3 is 0 Å². The van der Waals surface area contributed by atoms with Crippen molar-refractivity contribution in [3.8, 4) is 5.75 Å². The minimum Gasteiger partial charge on any atom is -0.507 e. The number of rotatable bonds is 5. The second-order valence-corrected chi connectivity index (χ2v) is 5.66. The van der Waals surface area contributed by atoms with Crippen LogP contribution in [0.5, 0.6) is 5.75 Å². The van der Waals surface area contributed by atoms with E-state index < -0.39 is 0 Å². The third-order valence-electron chi connectivity index (χ3n) is 3.15. The maximum absolute atomic E-state index is 10.3. The molecule has 1 rings (SSSR count). The molecule has 0 saturated heterocycles. The summed E-state index contributed by atoms with van der Waals surface area (Å²) in [6.45, 7) is 6.70. The summed E-state index contributed by atoms with van der Waals surface area (Å²) in [5.41, 5.74) is 2.98. The zero-order valence-electron chi connectivity index (χ0n) is 12.4. The Hall–Kier alpha value is -1.10. The van der Waals surface area contributed by atoms with Gasteiger partial charge in [0.25, 0.3) is 0 Å². The summed E-state index contributed by atoms with van der Waals surface area (Å²) in [5.74, 6) is 0.153. The average Bonchev–Trinajstić information content (AvgIpc) is 2.33. The highest BCUT2D eigenvalue weighted by molar-refractivity contribution is 5.51. The number of aliphatic hydroxyl groups is 1. The molecular weight excluding hydrogens is 244 g/mol. The Morgan fingerprint density at radius 1 is 1.05 bits per heavy atom. The van der Waals surface area contributed by atoms with Crippen LogP contribution in [0.1, 0.15) is 43.0 Å². The van der Waals surface area contributed by atoms with Crippen LogP contribution in [0, 0.1) is 0 Å². The second-order valence-electron chi connectivity index (χ2n) is 5.66. The van der Waals surface area contributed by atoms with Crippen molar-refractivity contribution in [1.29, 1.82) is 0 Å². The molecule has 19 heavy (non-hydrogen) atoms. The smallest absolute Gasteiger partial charge is 0.126 e. The van der Waals surface area contributed by atoms with E-state index in [0.717, 1.165) is 16.7 Å². The lowest BCUT2D eigenvalue weighted by atomic mass is 9.81. The van der Waals surface area contributed by atoms with E-state index in [1.54, 1.807) is 14.2 Å². The number of aromatic hydroxyl groups is 1. The molecule has 0 saturated carbocycles. The SMILES string of the molecule is COCc1cc(C(C)(C)C)c(CO)c(COC)c1O. The van der Waals surface area contributed by atoms with Gasteiger partial charge in [-0.2, -0.15) is 0 Å². The second kappa shape index (κ2) is 6.37. The van der Waals surface area contributed by atoms with Crippen molar-refractivity contribution < 1.29 is 19.7 Å². The van der Waals surface area contributed by atoms with Crippen molar-refractivity contribution in [1.82, 2.24) is 0 Å². The Bertz CT molecular complexity index is 433. The van der Waals surface area contributed by atoms with Crippen LogP contribution in [0.2, 0.25) is 0 Å². The molecule has 0 spiro atoms. The molecular formula is C15H24O4. The maximum Gasteiger partial charge on any atom is 0.126 e. The van der Waals surface area contributed by atoms with Crippen LogP contribution in [0.15, 0.2) is 6.07 Å². The van der Waals surface area contributed by atoms with Gasteiger partial charge < -0.3 is 19.7 Å². The summed E-state index contributed by atoms with van der Waals surface area (Å²) in [6.07, 6.45) is 0. The summed E-state index contributed by atoms with van der Waals surface area (Å²) in [6, 6.07) is 1.91. The van der Waals surface area contributed by atoms with Crippen LogP contribution in [-0.2, 0) is 34.7 Å². The van der Waals surface area contributed by atoms with Gasteiger partial charge in [-0.3, -0.25) is 0 Å². The zero-order valence-corrected chi connectivity index (χ0v) is 12.4. The minimum atomic E-state index is -0.128. The monoisotopic (exact) mass is 268 g/mol. The number of methoxy groups -OCH3 is 2. The summed E-state index contributed by atoms with van der Waals surface area (Å²) >= 11 is 0. The Labute approximate surface area is 115 Å². The van der Waals surface area contributed by atoms with Gasteiger partial charge in [-0.05, 0) is 22.6 Å². The third kappa shape index (κ3) is 3.47. The van der Waals surface area contributed by atoms with Crippen molar-refractivity contribution in [2.45, 2.75) is 46.0 Å². The zero-order chi connectivity index (χ0) is 14.6. The summed E-state index contributed by atoms with van der Waals surface area (Å²) in [7, 11) is 3.16. The van der Waals surface area contributed by atoms with E-state index in [2.05, 4.69) is 20.8 Å². The number of hydrogen-bond donors (Lipinski definition) is 2. The largest absolute Gasteiger partial charge is 0.507 e. The van der Waals surface area contributed by atoms with Gasteiger partial charge in [0.15, 0.2) is 0 Å². The van der Waals surface area contributed by atoms with Gasteiger partial charge in [0.2, 0.25) is 0 Å². The number of phenolic OH excluding ortho intramolecular Hbond substituents is 1. The molecule has 0 bridgehead atoms. The average molecular weight is 268 g/mol. The van der Waals surface area contributed by atoms with Gasteiger partial charge in [0, 0.05) is 25.3 Å². The molecule has 0 unspecified atom stereocenters. The molecule has 0 aliphatic heterocycles. The molecule has 0 aliphatic carbocycles. The van der Waals surface area contributed by atoms with Crippen molar-refractivity contribution in [2.75, 3.05) is 14.2 Å². The number of phenols is 1. The van der Waals surface area contributed by atoms with E-state index in [9.17, 15) is 10.2 Å². The van der Waals surface area contributed by atoms with Crippen molar-refractivity contribution in [3.63, 3.8) is 0 Å². The molecule has 4 nitrogen and oxygen atoms in total. The van der Waals surface area contributed by atoms with E-state index in [1.165, 1.54) is 0 Å². The number of ether oxygens (including phenoxy) is 2. The first kappa shape index (κ1) is 16.0. The van der Waals surface area contributed by atoms with Crippen LogP contribution in [-0.4, -0.2) is 24.4 Å². The third-order valence-corrected chi connectivity index (χ3v) is 3.15. The van der Waals surface area contributed by atoms with Gasteiger partial charge in [-0.1, -0.05) is 20.8 Å². The minimum absolute atomic E-state index is 0.119. The first-order valence-corrected chi connectivity index (χ1v) is 6.32. The molecule has 4 heteroatoms. The van der Waals surface area contributed by atoms with Crippen molar-refractivity contribution in [2.24, 2.45) is 0 Å². The number of aliphatic hydroxyl groups excluding tert-OH is 1. The molecule has 2 N–H and O–H groups in total. The first-order valence-electron chi connectivity index (χ1n) is 6.32. The summed E-state index contributed by atoms with van der Waals surface area (Å²) < 4.78 is 10.3. The topological polar surface area (TPSA) is 58.9 Å². The Morgan fingerprint density at radius 2 is 1.63 bits per heavy atom. The summed E-state index contributed by atoms with van der Waals surface area (Å²) in [4.78, 5) is 0. The maximum atomic E-state index is 10.3. The molecule has 108 valence electrons. The highest BCUT2D eigenvalue weighted by atomic mass is 16.5. The van der Waals surface area contributed by atoms with E-state index in [-0.39, 0.29) is 24.4 Å². The standard InChI is InChI=1S/C15H24O4/c1-15(2,3)13-6-10(8-18-4)14(17)12(9-19-5)11(13)7-16/h6,16-17H,7-9H2,1-5H3. The van der Waals surface area contributed by atoms with Gasteiger partial charge in [0.1, 0.15) is 5.75 Å². The van der Waals surface area contributed by atoms with Gasteiger partial charge in [0.05, 0.1) is 19.8 Å². The lowest BCUT2D eigenvalue weighted by Crippen LogP contribution is -2.17. The highest BCUT2D eigenvalue weighted by Crippen LogP contribution is 2.36. The predicted molar refractivity (Wildman–Crippen MR) is 74.2 cm³/mol. The van der Waals surface area contributed by atoms with E-state index in [0.29, 0.717) is 12.2 Å². The number of hydrogen-bond acceptors (Lipinski definition) is 4. The van der Waals surface area contributed by atoms with Crippen LogP contribution >= 0.6 is 0 Å². The Balaban J connectivity index is 3.53. The molecule has 1 aromatic rings. The van der Waals surface area contributed by atoms with Gasteiger partial charge in [-0.15, -0.1) is 0 Å². The quantitative estimate of drug-likeness (QED) is 0.861. The summed E-state index contributed by atoms with van der Waals surface area (Å²) in [5, 5.41) is 19.9. The van der Waals surface area contributed by atoms with Crippen molar-refractivity contribution >= 4 is 0 Å². The number of benzene rings is 1. The fraction of sp³-hybridized carbons (Fsp3) is 0.600. The van der Waals surface area contributed by atoms with E-state index >= 15 is 0 Å². The first-order chi connectivity index (χ1) is 8.86. The molecule has 0 radical (unpaired) electrons. The van der Waals surface area contributed by atoms with Crippen molar-refractivity contribution in [3.05, 3.63) is 28.3 Å². The molecule has 0 amide bonds. The fourth-order valence-electron chi connectivity index (χ4n) is 2.24. The molecule has 1 aromatic carbocycles. The lowest BCUT2D eigenvalue weighted by Gasteiger charge is -2.26. The Morgan fingerprint density at radius 3 is 2.05 bits per heavy atom. The molecule has 0 atom stereocenters. The van der Waals surface area contributed by atoms with Gasteiger partial charge in [-0.25, -0.2) is 0 Å². The van der Waals surface area contributed by atoms with Crippen LogP contribution in [0.25, 0.3) is 0 Å². The molecule has 0 heterocycles. The van der Waals surface area contributed by atoms with Crippen LogP contribution in [0.3, 0.4) is 0 Å². The fourth-order valence-corrected chi connectivity index (χ4v) is 2.24. The molecule has 0 aliphatic rings. The molecule has 0 aromatic heterocycles. The molecule has 0 fully saturated rings. The lowest BCUT2D eigenvalue weighted by molar-refractivity contribution is 0.171. The Kier molecular flexibility index (Phi) is 5.35. The van der Waals surface area contributed by atoms with E-state index in [4.69, 9.17) is 9.47 Å². The van der Waals surface area contributed by atoms with Crippen LogP contribution < -0.4 is 0 Å². The van der Waals surface area contributed by atoms with E-state index in [1.807, 2.05) is 6.07 Å². The highest BCUT2D eigenvalue weighted by Gasteiger charge is 2.24. The van der Waals surface area contributed by atoms with Crippen LogP contribution in [0.4, 0.5) is 0 Å². The predicted octanol–water partition coefficient (Wildman–Crippen LogP) is 2.47. The normalized spacial score (nSPS) is 11.9.